The predicted molar refractivity (Wildman–Crippen MR) is 53.3 cm³/mol. The number of carbonyl (C=O) groups excluding carboxylic acids is 1. The number of methoxy groups -OCH3 is 1. The van der Waals surface area contributed by atoms with Crippen LogP contribution in [0.5, 0.6) is 5.88 Å². The maximum atomic E-state index is 11.4. The lowest BCUT2D eigenvalue weighted by Gasteiger charge is -2.02. The van der Waals surface area contributed by atoms with Crippen molar-refractivity contribution in [1.29, 1.82) is 0 Å². The normalized spacial score (nSPS) is 10.1. The van der Waals surface area contributed by atoms with Crippen LogP contribution in [0.4, 0.5) is 0 Å². The first-order valence-electron chi connectivity index (χ1n) is 4.75. The topological polar surface area (TPSA) is 93.8 Å². The Balaban J connectivity index is 2.24. The second kappa shape index (κ2) is 6.81. The molecule has 0 saturated carbocycles. The second-order valence-electron chi connectivity index (χ2n) is 2.83. The van der Waals surface area contributed by atoms with Crippen LogP contribution < -0.4 is 10.1 Å². The first-order chi connectivity index (χ1) is 7.77. The standard InChI is InChI=1S/C9H14N2O5/c1-14-8-6-7(16-11-8)9(13)10-2-4-15-5-3-12/h6,12H,2-5H2,1H3,(H,10,13). The molecule has 1 aromatic rings. The van der Waals surface area contributed by atoms with E-state index in [1.54, 1.807) is 0 Å². The van der Waals surface area contributed by atoms with E-state index in [-0.39, 0.29) is 30.8 Å². The van der Waals surface area contributed by atoms with Crippen molar-refractivity contribution >= 4 is 5.91 Å². The number of nitrogens with one attached hydrogen (secondary N) is 1. The van der Waals surface area contributed by atoms with E-state index in [2.05, 4.69) is 10.5 Å². The van der Waals surface area contributed by atoms with E-state index in [1.165, 1.54) is 13.2 Å². The molecule has 0 unspecified atom stereocenters. The fraction of sp³-hybridized carbons (Fsp3) is 0.556. The van der Waals surface area contributed by atoms with E-state index in [0.29, 0.717) is 13.2 Å². The highest BCUT2D eigenvalue weighted by atomic mass is 16.5. The minimum Gasteiger partial charge on any atom is -0.479 e. The molecular weight excluding hydrogens is 216 g/mol. The smallest absolute Gasteiger partial charge is 0.290 e. The fourth-order valence-corrected chi connectivity index (χ4v) is 0.953. The number of aliphatic hydroxyl groups is 1. The number of aliphatic hydroxyl groups excluding tert-OH is 1. The lowest BCUT2D eigenvalue weighted by atomic mass is 10.4. The van der Waals surface area contributed by atoms with Crippen molar-refractivity contribution < 1.29 is 23.9 Å². The molecule has 2 N–H and O–H groups in total. The van der Waals surface area contributed by atoms with E-state index in [4.69, 9.17) is 19.1 Å². The zero-order valence-electron chi connectivity index (χ0n) is 8.93. The van der Waals surface area contributed by atoms with Gasteiger partial charge in [-0.2, -0.15) is 0 Å². The molecule has 1 aromatic heterocycles. The Bertz CT molecular complexity index is 325. The molecular formula is C9H14N2O5. The highest BCUT2D eigenvalue weighted by molar-refractivity contribution is 5.91. The van der Waals surface area contributed by atoms with E-state index in [0.717, 1.165) is 0 Å². The minimum absolute atomic E-state index is 0.0345. The molecule has 1 heterocycles. The molecule has 7 heteroatoms. The molecule has 0 aliphatic heterocycles. The van der Waals surface area contributed by atoms with Gasteiger partial charge in [-0.25, -0.2) is 0 Å². The minimum atomic E-state index is -0.386. The van der Waals surface area contributed by atoms with Crippen molar-refractivity contribution in [3.05, 3.63) is 11.8 Å². The van der Waals surface area contributed by atoms with Gasteiger partial charge in [0.05, 0.1) is 33.0 Å². The van der Waals surface area contributed by atoms with Gasteiger partial charge >= 0.3 is 0 Å². The van der Waals surface area contributed by atoms with Gasteiger partial charge < -0.3 is 24.4 Å². The van der Waals surface area contributed by atoms with Gasteiger partial charge in [-0.15, -0.1) is 0 Å². The van der Waals surface area contributed by atoms with E-state index < -0.39 is 0 Å². The summed E-state index contributed by atoms with van der Waals surface area (Å²) in [6.07, 6.45) is 0. The van der Waals surface area contributed by atoms with Gasteiger partial charge in [0.1, 0.15) is 0 Å². The predicted octanol–water partition coefficient (Wildman–Crippen LogP) is -0.578. The van der Waals surface area contributed by atoms with Crippen molar-refractivity contribution in [1.82, 2.24) is 10.5 Å². The van der Waals surface area contributed by atoms with Crippen molar-refractivity contribution in [3.8, 4) is 5.88 Å². The molecule has 0 aliphatic rings. The monoisotopic (exact) mass is 230 g/mol. The number of carbonyl (C=O) groups is 1. The highest BCUT2D eigenvalue weighted by Gasteiger charge is 2.12. The molecule has 16 heavy (non-hydrogen) atoms. The van der Waals surface area contributed by atoms with Crippen LogP contribution in [0.1, 0.15) is 10.6 Å². The molecule has 0 bridgehead atoms. The van der Waals surface area contributed by atoms with Gasteiger partial charge in [0.25, 0.3) is 11.8 Å². The Morgan fingerprint density at radius 2 is 2.44 bits per heavy atom. The average molecular weight is 230 g/mol. The maximum Gasteiger partial charge on any atom is 0.290 e. The Kier molecular flexibility index (Phi) is 5.30. The zero-order valence-corrected chi connectivity index (χ0v) is 8.93. The van der Waals surface area contributed by atoms with Gasteiger partial charge in [-0.3, -0.25) is 4.79 Å². The zero-order chi connectivity index (χ0) is 11.8. The molecule has 0 radical (unpaired) electrons. The summed E-state index contributed by atoms with van der Waals surface area (Å²) in [5, 5.41) is 14.5. The summed E-state index contributed by atoms with van der Waals surface area (Å²) >= 11 is 0. The van der Waals surface area contributed by atoms with Crippen molar-refractivity contribution in [2.75, 3.05) is 33.5 Å². The number of nitrogens with zero attached hydrogens (tertiary/aromatic N) is 1. The molecule has 0 aromatic carbocycles. The van der Waals surface area contributed by atoms with Crippen LogP contribution in [0.15, 0.2) is 10.6 Å². The Morgan fingerprint density at radius 1 is 1.62 bits per heavy atom. The summed E-state index contributed by atoms with van der Waals surface area (Å²) in [5.74, 6) is -0.0518. The Hall–Kier alpha value is -1.60. The SMILES string of the molecule is COc1cc(C(=O)NCCOCCO)on1. The largest absolute Gasteiger partial charge is 0.479 e. The Labute approximate surface area is 92.3 Å². The number of hydrogen-bond acceptors (Lipinski definition) is 6. The summed E-state index contributed by atoms with van der Waals surface area (Å²) < 4.78 is 14.5. The van der Waals surface area contributed by atoms with E-state index >= 15 is 0 Å². The van der Waals surface area contributed by atoms with Gasteiger partial charge in [-0.05, 0) is 5.16 Å². The van der Waals surface area contributed by atoms with E-state index in [1.807, 2.05) is 0 Å². The van der Waals surface area contributed by atoms with Crippen molar-refractivity contribution in [2.24, 2.45) is 0 Å². The molecule has 1 amide bonds. The molecule has 0 atom stereocenters. The molecule has 0 aliphatic carbocycles. The lowest BCUT2D eigenvalue weighted by Crippen LogP contribution is -2.27. The van der Waals surface area contributed by atoms with Gasteiger partial charge in [0.15, 0.2) is 0 Å². The Morgan fingerprint density at radius 3 is 3.06 bits per heavy atom. The van der Waals surface area contributed by atoms with Crippen LogP contribution in [-0.4, -0.2) is 49.6 Å². The maximum absolute atomic E-state index is 11.4. The third kappa shape index (κ3) is 3.87. The summed E-state index contributed by atoms with van der Waals surface area (Å²) in [7, 11) is 1.43. The number of amides is 1. The molecule has 0 spiro atoms. The van der Waals surface area contributed by atoms with Crippen LogP contribution in [0.3, 0.4) is 0 Å². The van der Waals surface area contributed by atoms with Gasteiger partial charge in [0, 0.05) is 6.54 Å². The second-order valence-corrected chi connectivity index (χ2v) is 2.83. The number of aromatic nitrogens is 1. The summed E-state index contributed by atoms with van der Waals surface area (Å²) in [5.41, 5.74) is 0. The molecule has 90 valence electrons. The third-order valence-electron chi connectivity index (χ3n) is 1.69. The summed E-state index contributed by atoms with van der Waals surface area (Å²) in [6.45, 7) is 0.888. The number of rotatable bonds is 7. The summed E-state index contributed by atoms with van der Waals surface area (Å²) in [4.78, 5) is 11.4. The van der Waals surface area contributed by atoms with Crippen LogP contribution in [0, 0.1) is 0 Å². The number of ether oxygens (including phenoxy) is 2. The molecule has 0 saturated heterocycles. The molecule has 1 rings (SSSR count). The van der Waals surface area contributed by atoms with Crippen LogP contribution >= 0.6 is 0 Å². The first kappa shape index (κ1) is 12.5. The van der Waals surface area contributed by atoms with E-state index in [9.17, 15) is 4.79 Å². The fourth-order valence-electron chi connectivity index (χ4n) is 0.953. The first-order valence-corrected chi connectivity index (χ1v) is 4.75. The average Bonchev–Trinajstić information content (AvgIpc) is 2.77. The third-order valence-corrected chi connectivity index (χ3v) is 1.69. The highest BCUT2D eigenvalue weighted by Crippen LogP contribution is 2.09. The van der Waals surface area contributed by atoms with Crippen LogP contribution in [0.25, 0.3) is 0 Å². The van der Waals surface area contributed by atoms with Gasteiger partial charge in [-0.1, -0.05) is 0 Å². The quantitative estimate of drug-likeness (QED) is 0.609. The molecule has 0 fully saturated rings. The van der Waals surface area contributed by atoms with Crippen LogP contribution in [0.2, 0.25) is 0 Å². The summed E-state index contributed by atoms with van der Waals surface area (Å²) in [6, 6.07) is 1.39. The van der Waals surface area contributed by atoms with Gasteiger partial charge in [0.2, 0.25) is 5.76 Å². The lowest BCUT2D eigenvalue weighted by molar-refractivity contribution is 0.0815. The van der Waals surface area contributed by atoms with Crippen molar-refractivity contribution in [3.63, 3.8) is 0 Å². The molecule has 7 nitrogen and oxygen atoms in total. The number of hydrogen-bond donors (Lipinski definition) is 2. The van der Waals surface area contributed by atoms with Crippen molar-refractivity contribution in [2.45, 2.75) is 0 Å². The van der Waals surface area contributed by atoms with Crippen LogP contribution in [-0.2, 0) is 4.74 Å².